The second-order valence-corrected chi connectivity index (χ2v) is 4.70. The van der Waals surface area contributed by atoms with Gasteiger partial charge >= 0.3 is 11.8 Å². The van der Waals surface area contributed by atoms with E-state index in [-0.39, 0.29) is 23.0 Å². The molecule has 0 saturated carbocycles. The Labute approximate surface area is 129 Å². The standard InChI is InChI=1S/C14H12ClFN2O4/c15-8-3-1-4-9(12(8)16)18-14(21)13(20)17-7-10(19)11-5-2-6-22-11/h1-6,10,19H,7H2,(H,17,20)(H,18,21). The molecule has 1 unspecified atom stereocenters. The molecular formula is C14H12ClFN2O4. The van der Waals surface area contributed by atoms with E-state index in [9.17, 15) is 19.1 Å². The van der Waals surface area contributed by atoms with Crippen LogP contribution in [0.5, 0.6) is 0 Å². The molecule has 0 aliphatic heterocycles. The summed E-state index contributed by atoms with van der Waals surface area (Å²) in [6.45, 7) is -0.224. The summed E-state index contributed by atoms with van der Waals surface area (Å²) < 4.78 is 18.5. The molecule has 0 aliphatic carbocycles. The van der Waals surface area contributed by atoms with Gasteiger partial charge in [0.25, 0.3) is 0 Å². The minimum Gasteiger partial charge on any atom is -0.467 e. The average molecular weight is 327 g/mol. The van der Waals surface area contributed by atoms with Crippen molar-refractivity contribution >= 4 is 29.1 Å². The molecule has 0 radical (unpaired) electrons. The van der Waals surface area contributed by atoms with E-state index in [1.54, 1.807) is 6.07 Å². The number of halogens is 2. The molecule has 1 heterocycles. The van der Waals surface area contributed by atoms with Gasteiger partial charge in [-0.1, -0.05) is 17.7 Å². The lowest BCUT2D eigenvalue weighted by Crippen LogP contribution is -2.37. The highest BCUT2D eigenvalue weighted by atomic mass is 35.5. The van der Waals surface area contributed by atoms with Crippen molar-refractivity contribution in [3.05, 3.63) is 53.2 Å². The molecule has 22 heavy (non-hydrogen) atoms. The van der Waals surface area contributed by atoms with E-state index < -0.39 is 23.7 Å². The topological polar surface area (TPSA) is 91.6 Å². The van der Waals surface area contributed by atoms with Gasteiger partial charge in [0.2, 0.25) is 0 Å². The van der Waals surface area contributed by atoms with E-state index in [4.69, 9.17) is 16.0 Å². The van der Waals surface area contributed by atoms with Crippen molar-refractivity contribution in [3.8, 4) is 0 Å². The van der Waals surface area contributed by atoms with Crippen LogP contribution in [0.15, 0.2) is 41.0 Å². The van der Waals surface area contributed by atoms with Crippen LogP contribution in [0.3, 0.4) is 0 Å². The van der Waals surface area contributed by atoms with Crippen LogP contribution in [0.2, 0.25) is 5.02 Å². The highest BCUT2D eigenvalue weighted by Crippen LogP contribution is 2.21. The van der Waals surface area contributed by atoms with Crippen molar-refractivity contribution in [3.63, 3.8) is 0 Å². The molecule has 8 heteroatoms. The normalized spacial score (nSPS) is 11.8. The van der Waals surface area contributed by atoms with Gasteiger partial charge in [-0.05, 0) is 24.3 Å². The van der Waals surface area contributed by atoms with Crippen molar-refractivity contribution in [2.24, 2.45) is 0 Å². The van der Waals surface area contributed by atoms with Crippen LogP contribution >= 0.6 is 11.6 Å². The molecule has 2 amide bonds. The first-order valence-electron chi connectivity index (χ1n) is 6.23. The van der Waals surface area contributed by atoms with Crippen LogP contribution in [0.25, 0.3) is 0 Å². The van der Waals surface area contributed by atoms with E-state index in [0.717, 1.165) is 0 Å². The summed E-state index contributed by atoms with van der Waals surface area (Å²) in [6, 6.07) is 7.11. The Morgan fingerprint density at radius 1 is 1.27 bits per heavy atom. The highest BCUT2D eigenvalue weighted by molar-refractivity contribution is 6.39. The number of nitrogens with one attached hydrogen (secondary N) is 2. The Hall–Kier alpha value is -2.38. The predicted octanol–water partition coefficient (Wildman–Crippen LogP) is 1.86. The lowest BCUT2D eigenvalue weighted by molar-refractivity contribution is -0.136. The van der Waals surface area contributed by atoms with Crippen LogP contribution in [0.4, 0.5) is 10.1 Å². The van der Waals surface area contributed by atoms with Gasteiger partial charge in [0, 0.05) is 0 Å². The zero-order chi connectivity index (χ0) is 16.1. The Balaban J connectivity index is 1.90. The first kappa shape index (κ1) is 16.0. The lowest BCUT2D eigenvalue weighted by atomic mass is 10.2. The molecule has 2 aromatic rings. The summed E-state index contributed by atoms with van der Waals surface area (Å²) in [7, 11) is 0. The molecule has 0 spiro atoms. The second kappa shape index (κ2) is 7.06. The van der Waals surface area contributed by atoms with Crippen molar-refractivity contribution in [1.82, 2.24) is 5.32 Å². The number of hydrogen-bond acceptors (Lipinski definition) is 4. The number of rotatable bonds is 4. The van der Waals surface area contributed by atoms with Gasteiger partial charge in [-0.25, -0.2) is 4.39 Å². The van der Waals surface area contributed by atoms with E-state index in [1.807, 2.05) is 0 Å². The van der Waals surface area contributed by atoms with Gasteiger partial charge in [-0.3, -0.25) is 9.59 Å². The summed E-state index contributed by atoms with van der Waals surface area (Å²) >= 11 is 5.57. The van der Waals surface area contributed by atoms with Crippen molar-refractivity contribution in [1.29, 1.82) is 0 Å². The van der Waals surface area contributed by atoms with E-state index in [0.29, 0.717) is 0 Å². The van der Waals surface area contributed by atoms with Gasteiger partial charge in [0.05, 0.1) is 23.5 Å². The molecule has 0 aliphatic rings. The number of benzene rings is 1. The zero-order valence-electron chi connectivity index (χ0n) is 11.2. The van der Waals surface area contributed by atoms with Crippen molar-refractivity contribution in [2.75, 3.05) is 11.9 Å². The molecule has 3 N–H and O–H groups in total. The van der Waals surface area contributed by atoms with Gasteiger partial charge in [-0.2, -0.15) is 0 Å². The number of furan rings is 1. The molecule has 1 aromatic heterocycles. The summed E-state index contributed by atoms with van der Waals surface area (Å²) in [5.41, 5.74) is -0.209. The number of hydrogen-bond donors (Lipinski definition) is 3. The fourth-order valence-electron chi connectivity index (χ4n) is 1.63. The number of aliphatic hydroxyl groups is 1. The summed E-state index contributed by atoms with van der Waals surface area (Å²) in [5.74, 6) is -2.68. The SMILES string of the molecule is O=C(NCC(O)c1ccco1)C(=O)Nc1cccc(Cl)c1F. The zero-order valence-corrected chi connectivity index (χ0v) is 11.9. The summed E-state index contributed by atoms with van der Waals surface area (Å²) in [6.07, 6.45) is 0.282. The Bertz CT molecular complexity index is 675. The fraction of sp³-hybridized carbons (Fsp3) is 0.143. The van der Waals surface area contributed by atoms with Crippen molar-refractivity contribution in [2.45, 2.75) is 6.10 Å². The number of carbonyl (C=O) groups is 2. The van der Waals surface area contributed by atoms with Gasteiger partial charge in [0.15, 0.2) is 5.82 Å². The Kier molecular flexibility index (Phi) is 5.13. The van der Waals surface area contributed by atoms with E-state index in [1.165, 1.54) is 30.5 Å². The Morgan fingerprint density at radius 3 is 2.73 bits per heavy atom. The largest absolute Gasteiger partial charge is 0.467 e. The van der Waals surface area contributed by atoms with Crippen LogP contribution in [-0.2, 0) is 9.59 Å². The average Bonchev–Trinajstić information content (AvgIpc) is 3.03. The summed E-state index contributed by atoms with van der Waals surface area (Å²) in [5, 5.41) is 13.8. The molecule has 0 bridgehead atoms. The predicted molar refractivity (Wildman–Crippen MR) is 76.7 cm³/mol. The third kappa shape index (κ3) is 3.84. The maximum atomic E-state index is 13.6. The van der Waals surface area contributed by atoms with Crippen LogP contribution in [0, 0.1) is 5.82 Å². The van der Waals surface area contributed by atoms with Gasteiger partial charge in [-0.15, -0.1) is 0 Å². The highest BCUT2D eigenvalue weighted by Gasteiger charge is 2.18. The van der Waals surface area contributed by atoms with Gasteiger partial charge in [0.1, 0.15) is 11.9 Å². The minimum absolute atomic E-state index is 0.175. The van der Waals surface area contributed by atoms with E-state index >= 15 is 0 Å². The second-order valence-electron chi connectivity index (χ2n) is 4.30. The third-order valence-corrected chi connectivity index (χ3v) is 3.03. The number of carbonyl (C=O) groups excluding carboxylic acids is 2. The monoisotopic (exact) mass is 326 g/mol. The number of aliphatic hydroxyl groups excluding tert-OH is 1. The van der Waals surface area contributed by atoms with Crippen LogP contribution in [-0.4, -0.2) is 23.5 Å². The number of anilines is 1. The molecule has 0 fully saturated rings. The van der Waals surface area contributed by atoms with E-state index in [2.05, 4.69) is 10.6 Å². The van der Waals surface area contributed by atoms with Gasteiger partial charge < -0.3 is 20.2 Å². The molecule has 2 rings (SSSR count). The molecule has 0 saturated heterocycles. The maximum Gasteiger partial charge on any atom is 0.313 e. The molecule has 1 atom stereocenters. The maximum absolute atomic E-state index is 13.6. The summed E-state index contributed by atoms with van der Waals surface area (Å²) in [4.78, 5) is 23.2. The Morgan fingerprint density at radius 2 is 2.05 bits per heavy atom. The minimum atomic E-state index is -1.09. The van der Waals surface area contributed by atoms with Crippen LogP contribution < -0.4 is 10.6 Å². The number of amides is 2. The van der Waals surface area contributed by atoms with Crippen molar-refractivity contribution < 1.29 is 23.5 Å². The first-order chi connectivity index (χ1) is 10.5. The third-order valence-electron chi connectivity index (χ3n) is 2.73. The molecule has 1 aromatic carbocycles. The fourth-order valence-corrected chi connectivity index (χ4v) is 1.81. The molecular weight excluding hydrogens is 315 g/mol. The quantitative estimate of drug-likeness (QED) is 0.748. The van der Waals surface area contributed by atoms with Crippen LogP contribution in [0.1, 0.15) is 11.9 Å². The molecule has 116 valence electrons. The first-order valence-corrected chi connectivity index (χ1v) is 6.61. The molecule has 6 nitrogen and oxygen atoms in total. The lowest BCUT2D eigenvalue weighted by Gasteiger charge is -2.10. The smallest absolute Gasteiger partial charge is 0.313 e.